The number of alkyl halides is 3. The maximum atomic E-state index is 13.6. The highest BCUT2D eigenvalue weighted by atomic mass is 35.5. The standard InChI is InChI=1S/C17H25ClF3N3O3SSi/c1-28(25,26)7-5-22-13-9-14(18)23-16-15(13)12(17(19,20)21)10-24(16)11-27-6-8-29(2,3)4/h9-10H,5-8,11H2,1-4H3,(H,22,23). The van der Waals surface area contributed by atoms with Crippen LogP contribution in [0.1, 0.15) is 5.56 Å². The van der Waals surface area contributed by atoms with Crippen LogP contribution in [0.5, 0.6) is 0 Å². The van der Waals surface area contributed by atoms with E-state index in [4.69, 9.17) is 16.3 Å². The summed E-state index contributed by atoms with van der Waals surface area (Å²) < 4.78 is 70.4. The van der Waals surface area contributed by atoms with E-state index in [0.717, 1.165) is 18.5 Å². The summed E-state index contributed by atoms with van der Waals surface area (Å²) in [5.41, 5.74) is -0.774. The second-order valence-electron chi connectivity index (χ2n) is 8.11. The summed E-state index contributed by atoms with van der Waals surface area (Å²) in [6.45, 7) is 6.84. The second kappa shape index (κ2) is 8.82. The summed E-state index contributed by atoms with van der Waals surface area (Å²) in [4.78, 5) is 4.05. The normalized spacial score (nSPS) is 13.2. The predicted molar refractivity (Wildman–Crippen MR) is 112 cm³/mol. The quantitative estimate of drug-likeness (QED) is 0.331. The molecule has 0 aromatic carbocycles. The Balaban J connectivity index is 2.38. The number of ether oxygens (including phenoxy) is 1. The van der Waals surface area contributed by atoms with Crippen molar-refractivity contribution in [3.05, 3.63) is 23.0 Å². The number of nitrogens with one attached hydrogen (secondary N) is 1. The van der Waals surface area contributed by atoms with Crippen LogP contribution in [0, 0.1) is 0 Å². The molecule has 0 fully saturated rings. The third-order valence-electron chi connectivity index (χ3n) is 4.12. The number of anilines is 1. The van der Waals surface area contributed by atoms with Gasteiger partial charge in [-0.3, -0.25) is 0 Å². The molecule has 0 bridgehead atoms. The molecule has 1 N–H and O–H groups in total. The van der Waals surface area contributed by atoms with E-state index < -0.39 is 29.7 Å². The van der Waals surface area contributed by atoms with Crippen LogP contribution in [0.15, 0.2) is 12.3 Å². The molecule has 12 heteroatoms. The lowest BCUT2D eigenvalue weighted by atomic mass is 10.2. The molecule has 0 aliphatic carbocycles. The van der Waals surface area contributed by atoms with E-state index in [9.17, 15) is 21.6 Å². The monoisotopic (exact) mass is 471 g/mol. The smallest absolute Gasteiger partial charge is 0.383 e. The van der Waals surface area contributed by atoms with E-state index in [2.05, 4.69) is 29.9 Å². The molecule has 0 saturated heterocycles. The molecule has 0 aliphatic heterocycles. The first-order chi connectivity index (χ1) is 13.2. The number of halogens is 4. The lowest BCUT2D eigenvalue weighted by Crippen LogP contribution is -2.22. The Morgan fingerprint density at radius 3 is 2.52 bits per heavy atom. The van der Waals surface area contributed by atoms with E-state index in [1.807, 2.05) is 0 Å². The van der Waals surface area contributed by atoms with Crippen molar-refractivity contribution in [1.29, 1.82) is 0 Å². The van der Waals surface area contributed by atoms with Crippen LogP contribution in [0.2, 0.25) is 30.8 Å². The molecule has 0 unspecified atom stereocenters. The first-order valence-electron chi connectivity index (χ1n) is 8.93. The average Bonchev–Trinajstić information content (AvgIpc) is 2.88. The largest absolute Gasteiger partial charge is 0.418 e. The minimum Gasteiger partial charge on any atom is -0.383 e. The van der Waals surface area contributed by atoms with E-state index in [1.165, 1.54) is 10.6 Å². The molecule has 2 rings (SSSR count). The zero-order valence-corrected chi connectivity index (χ0v) is 19.3. The average molecular weight is 472 g/mol. The Labute approximate surface area is 174 Å². The van der Waals surface area contributed by atoms with Crippen molar-refractivity contribution in [2.75, 3.05) is 30.5 Å². The molecule has 0 saturated carbocycles. The number of sulfone groups is 1. The first kappa shape index (κ1) is 24.0. The van der Waals surface area contributed by atoms with Crippen molar-refractivity contribution in [3.8, 4) is 0 Å². The van der Waals surface area contributed by atoms with Gasteiger partial charge in [0.05, 0.1) is 16.7 Å². The van der Waals surface area contributed by atoms with Crippen molar-refractivity contribution in [1.82, 2.24) is 9.55 Å². The Hall–Kier alpha value is -1.30. The zero-order chi connectivity index (χ0) is 22.0. The van der Waals surface area contributed by atoms with Crippen molar-refractivity contribution >= 4 is 46.2 Å². The highest BCUT2D eigenvalue weighted by molar-refractivity contribution is 7.90. The van der Waals surface area contributed by atoms with Gasteiger partial charge in [0.2, 0.25) is 0 Å². The number of rotatable bonds is 9. The van der Waals surface area contributed by atoms with E-state index >= 15 is 0 Å². The molecule has 0 radical (unpaired) electrons. The van der Waals surface area contributed by atoms with Crippen LogP contribution in [0.4, 0.5) is 18.9 Å². The molecular formula is C17H25ClF3N3O3SSi. The number of hydrogen-bond acceptors (Lipinski definition) is 5. The Morgan fingerprint density at radius 2 is 1.97 bits per heavy atom. The fourth-order valence-corrected chi connectivity index (χ4v) is 4.04. The van der Waals surface area contributed by atoms with E-state index in [1.54, 1.807) is 0 Å². The molecule has 6 nitrogen and oxygen atoms in total. The van der Waals surface area contributed by atoms with Gasteiger partial charge in [-0.2, -0.15) is 13.2 Å². The Morgan fingerprint density at radius 1 is 1.31 bits per heavy atom. The van der Waals surface area contributed by atoms with Gasteiger partial charge in [0.25, 0.3) is 0 Å². The summed E-state index contributed by atoms with van der Waals surface area (Å²) in [5.74, 6) is -0.226. The van der Waals surface area contributed by atoms with Crippen LogP contribution < -0.4 is 5.32 Å². The van der Waals surface area contributed by atoms with Crippen molar-refractivity contribution in [2.45, 2.75) is 38.6 Å². The minimum atomic E-state index is -4.62. The fraction of sp³-hybridized carbons (Fsp3) is 0.588. The van der Waals surface area contributed by atoms with Gasteiger partial charge in [-0.05, 0) is 12.1 Å². The lowest BCUT2D eigenvalue weighted by Gasteiger charge is -2.15. The molecule has 2 heterocycles. The number of nitrogens with zero attached hydrogens (tertiary/aromatic N) is 2. The van der Waals surface area contributed by atoms with Gasteiger partial charge < -0.3 is 14.6 Å². The molecule has 0 aliphatic rings. The molecule has 164 valence electrons. The maximum absolute atomic E-state index is 13.6. The molecule has 0 spiro atoms. The summed E-state index contributed by atoms with van der Waals surface area (Å²) in [5, 5.41) is 2.58. The van der Waals surface area contributed by atoms with Gasteiger partial charge in [-0.25, -0.2) is 13.4 Å². The second-order valence-corrected chi connectivity index (χ2v) is 16.4. The highest BCUT2D eigenvalue weighted by Crippen LogP contribution is 2.39. The topological polar surface area (TPSA) is 73.2 Å². The van der Waals surface area contributed by atoms with Crippen LogP contribution in [-0.2, 0) is 27.5 Å². The molecule has 2 aromatic heterocycles. The Bertz CT molecular complexity index is 972. The molecular weight excluding hydrogens is 447 g/mol. The molecule has 29 heavy (non-hydrogen) atoms. The number of pyridine rings is 1. The third kappa shape index (κ3) is 7.16. The SMILES string of the molecule is C[Si](C)(C)CCOCn1cc(C(F)(F)F)c2c(NCCS(C)(=O)=O)cc(Cl)nc21. The molecule has 0 atom stereocenters. The number of hydrogen-bond donors (Lipinski definition) is 1. The lowest BCUT2D eigenvalue weighted by molar-refractivity contribution is -0.136. The summed E-state index contributed by atoms with van der Waals surface area (Å²) >= 11 is 6.01. The highest BCUT2D eigenvalue weighted by Gasteiger charge is 2.36. The minimum absolute atomic E-state index is 0.00507. The van der Waals surface area contributed by atoms with Crippen LogP contribution >= 0.6 is 11.6 Å². The van der Waals surface area contributed by atoms with E-state index in [0.29, 0.717) is 6.61 Å². The summed E-state index contributed by atoms with van der Waals surface area (Å²) in [6.07, 6.45) is -2.62. The van der Waals surface area contributed by atoms with Gasteiger partial charge in [0, 0.05) is 39.4 Å². The van der Waals surface area contributed by atoms with Crippen molar-refractivity contribution in [3.63, 3.8) is 0 Å². The van der Waals surface area contributed by atoms with Crippen LogP contribution in [-0.4, -0.2) is 51.2 Å². The van der Waals surface area contributed by atoms with Crippen LogP contribution in [0.3, 0.4) is 0 Å². The van der Waals surface area contributed by atoms with E-state index in [-0.39, 0.29) is 40.9 Å². The molecule has 2 aromatic rings. The Kier molecular flexibility index (Phi) is 7.29. The first-order valence-corrected chi connectivity index (χ1v) is 15.1. The predicted octanol–water partition coefficient (Wildman–Crippen LogP) is 4.48. The van der Waals surface area contributed by atoms with Crippen LogP contribution in [0.25, 0.3) is 11.0 Å². The van der Waals surface area contributed by atoms with Crippen molar-refractivity contribution < 1.29 is 26.3 Å². The third-order valence-corrected chi connectivity index (χ3v) is 6.96. The number of fused-ring (bicyclic) bond motifs is 1. The van der Waals surface area contributed by atoms with Gasteiger partial charge in [0.15, 0.2) is 0 Å². The zero-order valence-electron chi connectivity index (χ0n) is 16.7. The van der Waals surface area contributed by atoms with Crippen molar-refractivity contribution in [2.24, 2.45) is 0 Å². The summed E-state index contributed by atoms with van der Waals surface area (Å²) in [6, 6.07) is 2.14. The van der Waals surface area contributed by atoms with Gasteiger partial charge in [-0.1, -0.05) is 31.2 Å². The van der Waals surface area contributed by atoms with Gasteiger partial charge in [-0.15, -0.1) is 0 Å². The fourth-order valence-electron chi connectivity index (χ4n) is 2.62. The molecule has 0 amide bonds. The maximum Gasteiger partial charge on any atom is 0.418 e. The van der Waals surface area contributed by atoms with Gasteiger partial charge >= 0.3 is 6.18 Å². The summed E-state index contributed by atoms with van der Waals surface area (Å²) in [7, 11) is -4.61. The number of aromatic nitrogens is 2. The van der Waals surface area contributed by atoms with Gasteiger partial charge in [0.1, 0.15) is 27.4 Å².